The third kappa shape index (κ3) is 3.66. The van der Waals surface area contributed by atoms with E-state index in [1.165, 1.54) is 5.39 Å². The number of benzene rings is 3. The molecule has 3 rings (SSSR count). The van der Waals surface area contributed by atoms with Gasteiger partial charge in [-0.05, 0) is 47.0 Å². The molecule has 3 aromatic carbocycles. The van der Waals surface area contributed by atoms with Crippen LogP contribution in [0.25, 0.3) is 10.8 Å². The lowest BCUT2D eigenvalue weighted by atomic mass is 10.1. The van der Waals surface area contributed by atoms with Crippen molar-refractivity contribution in [2.45, 2.75) is 12.8 Å². The van der Waals surface area contributed by atoms with Gasteiger partial charge in [-0.15, -0.1) is 0 Å². The van der Waals surface area contributed by atoms with Gasteiger partial charge < -0.3 is 5.32 Å². The van der Waals surface area contributed by atoms with Crippen LogP contribution in [0.4, 0.5) is 5.69 Å². The first-order valence-corrected chi connectivity index (χ1v) is 7.61. The standard InChI is InChI=1S/C19H16ClNO/c20-17-9-5-14(6-10-17)7-12-19(22)21-18-11-8-15-3-1-2-4-16(15)13-18/h1-6,8-11,13H,7,12H2,(H,21,22). The molecule has 0 unspecified atom stereocenters. The molecule has 1 amide bonds. The number of fused-ring (bicyclic) bond motifs is 1. The van der Waals surface area contributed by atoms with E-state index < -0.39 is 0 Å². The number of carbonyl (C=O) groups is 1. The summed E-state index contributed by atoms with van der Waals surface area (Å²) >= 11 is 5.85. The Labute approximate surface area is 134 Å². The zero-order valence-corrected chi connectivity index (χ0v) is 12.8. The molecule has 0 aliphatic carbocycles. The van der Waals surface area contributed by atoms with Crippen molar-refractivity contribution in [2.24, 2.45) is 0 Å². The molecular weight excluding hydrogens is 294 g/mol. The highest BCUT2D eigenvalue weighted by molar-refractivity contribution is 6.30. The summed E-state index contributed by atoms with van der Waals surface area (Å²) in [6.45, 7) is 0. The summed E-state index contributed by atoms with van der Waals surface area (Å²) in [7, 11) is 0. The number of carbonyl (C=O) groups excluding carboxylic acids is 1. The number of hydrogen-bond acceptors (Lipinski definition) is 1. The maximum absolute atomic E-state index is 12.1. The first kappa shape index (κ1) is 14.6. The fourth-order valence-corrected chi connectivity index (χ4v) is 2.53. The molecule has 22 heavy (non-hydrogen) atoms. The van der Waals surface area contributed by atoms with Crippen molar-refractivity contribution >= 4 is 34.0 Å². The van der Waals surface area contributed by atoms with Gasteiger partial charge in [0.05, 0.1) is 0 Å². The van der Waals surface area contributed by atoms with Crippen LogP contribution in [-0.4, -0.2) is 5.91 Å². The molecule has 0 spiro atoms. The minimum absolute atomic E-state index is 0.0187. The lowest BCUT2D eigenvalue weighted by molar-refractivity contribution is -0.116. The molecule has 0 saturated heterocycles. The molecule has 0 radical (unpaired) electrons. The highest BCUT2D eigenvalue weighted by Gasteiger charge is 2.04. The Kier molecular flexibility index (Phi) is 4.40. The molecule has 0 heterocycles. The zero-order chi connectivity index (χ0) is 15.4. The fraction of sp³-hybridized carbons (Fsp3) is 0.105. The highest BCUT2D eigenvalue weighted by atomic mass is 35.5. The predicted octanol–water partition coefficient (Wildman–Crippen LogP) is 5.06. The quantitative estimate of drug-likeness (QED) is 0.716. The number of nitrogens with one attached hydrogen (secondary N) is 1. The van der Waals surface area contributed by atoms with Gasteiger partial charge in [-0.2, -0.15) is 0 Å². The number of aryl methyl sites for hydroxylation is 1. The van der Waals surface area contributed by atoms with E-state index in [1.54, 1.807) is 0 Å². The molecule has 0 atom stereocenters. The molecule has 1 N–H and O–H groups in total. The predicted molar refractivity (Wildman–Crippen MR) is 92.4 cm³/mol. The van der Waals surface area contributed by atoms with Crippen molar-refractivity contribution in [2.75, 3.05) is 5.32 Å². The van der Waals surface area contributed by atoms with Crippen LogP contribution in [0.5, 0.6) is 0 Å². The van der Waals surface area contributed by atoms with Crippen molar-refractivity contribution in [3.8, 4) is 0 Å². The second-order valence-corrected chi connectivity index (χ2v) is 5.67. The van der Waals surface area contributed by atoms with Crippen molar-refractivity contribution in [3.05, 3.63) is 77.3 Å². The van der Waals surface area contributed by atoms with E-state index >= 15 is 0 Å². The van der Waals surface area contributed by atoms with Gasteiger partial charge >= 0.3 is 0 Å². The SMILES string of the molecule is O=C(CCc1ccc(Cl)cc1)Nc1ccc2ccccc2c1. The molecular formula is C19H16ClNO. The van der Waals surface area contributed by atoms with Crippen LogP contribution in [0.15, 0.2) is 66.7 Å². The van der Waals surface area contributed by atoms with Gasteiger partial charge in [0.2, 0.25) is 5.91 Å². The fourth-order valence-electron chi connectivity index (χ4n) is 2.40. The van der Waals surface area contributed by atoms with Gasteiger partial charge in [0, 0.05) is 17.1 Å². The first-order valence-electron chi connectivity index (χ1n) is 7.24. The third-order valence-corrected chi connectivity index (χ3v) is 3.84. The summed E-state index contributed by atoms with van der Waals surface area (Å²) < 4.78 is 0. The van der Waals surface area contributed by atoms with E-state index in [-0.39, 0.29) is 5.91 Å². The molecule has 2 nitrogen and oxygen atoms in total. The van der Waals surface area contributed by atoms with Crippen molar-refractivity contribution in [3.63, 3.8) is 0 Å². The van der Waals surface area contributed by atoms with Gasteiger partial charge in [-0.3, -0.25) is 4.79 Å². The molecule has 110 valence electrons. The van der Waals surface area contributed by atoms with Crippen LogP contribution in [0.3, 0.4) is 0 Å². The van der Waals surface area contributed by atoms with Crippen LogP contribution in [0.2, 0.25) is 5.02 Å². The van der Waals surface area contributed by atoms with E-state index in [1.807, 2.05) is 60.7 Å². The largest absolute Gasteiger partial charge is 0.326 e. The Morgan fingerprint density at radius 3 is 2.41 bits per heavy atom. The number of rotatable bonds is 4. The maximum Gasteiger partial charge on any atom is 0.224 e. The Morgan fingerprint density at radius 1 is 0.909 bits per heavy atom. The second-order valence-electron chi connectivity index (χ2n) is 5.24. The molecule has 0 aromatic heterocycles. The van der Waals surface area contributed by atoms with E-state index in [9.17, 15) is 4.79 Å². The summed E-state index contributed by atoms with van der Waals surface area (Å²) in [6, 6.07) is 21.6. The highest BCUT2D eigenvalue weighted by Crippen LogP contribution is 2.19. The van der Waals surface area contributed by atoms with Crippen molar-refractivity contribution < 1.29 is 4.79 Å². The van der Waals surface area contributed by atoms with E-state index in [0.717, 1.165) is 16.6 Å². The number of amides is 1. The molecule has 0 bridgehead atoms. The summed E-state index contributed by atoms with van der Waals surface area (Å²) in [5.41, 5.74) is 1.94. The Bertz CT molecular complexity index is 796. The second kappa shape index (κ2) is 6.63. The molecule has 0 aliphatic heterocycles. The normalized spacial score (nSPS) is 10.6. The lowest BCUT2D eigenvalue weighted by Gasteiger charge is -2.07. The molecule has 3 heteroatoms. The Balaban J connectivity index is 1.61. The van der Waals surface area contributed by atoms with Crippen molar-refractivity contribution in [1.29, 1.82) is 0 Å². The number of anilines is 1. The summed E-state index contributed by atoms with van der Waals surface area (Å²) in [6.07, 6.45) is 1.16. The average Bonchev–Trinajstić information content (AvgIpc) is 2.54. The van der Waals surface area contributed by atoms with Gasteiger partial charge in [0.1, 0.15) is 0 Å². The summed E-state index contributed by atoms with van der Waals surface area (Å²) in [5.74, 6) is 0.0187. The molecule has 0 fully saturated rings. The lowest BCUT2D eigenvalue weighted by Crippen LogP contribution is -2.12. The number of halogens is 1. The van der Waals surface area contributed by atoms with Gasteiger partial charge in [0.25, 0.3) is 0 Å². The Morgan fingerprint density at radius 2 is 1.64 bits per heavy atom. The minimum Gasteiger partial charge on any atom is -0.326 e. The molecule has 0 saturated carbocycles. The maximum atomic E-state index is 12.1. The van der Waals surface area contributed by atoms with Crippen LogP contribution in [0, 0.1) is 0 Å². The summed E-state index contributed by atoms with van der Waals surface area (Å²) in [4.78, 5) is 12.1. The van der Waals surface area contributed by atoms with Crippen LogP contribution < -0.4 is 5.32 Å². The van der Waals surface area contributed by atoms with E-state index in [2.05, 4.69) is 11.4 Å². The van der Waals surface area contributed by atoms with E-state index in [4.69, 9.17) is 11.6 Å². The first-order chi connectivity index (χ1) is 10.7. The topological polar surface area (TPSA) is 29.1 Å². The van der Waals surface area contributed by atoms with Gasteiger partial charge in [-0.25, -0.2) is 0 Å². The summed E-state index contributed by atoms with van der Waals surface area (Å²) in [5, 5.41) is 5.95. The van der Waals surface area contributed by atoms with E-state index in [0.29, 0.717) is 17.9 Å². The Hall–Kier alpha value is -2.32. The van der Waals surface area contributed by atoms with Gasteiger partial charge in [-0.1, -0.05) is 54.1 Å². The third-order valence-electron chi connectivity index (χ3n) is 3.59. The van der Waals surface area contributed by atoms with Crippen LogP contribution in [-0.2, 0) is 11.2 Å². The molecule has 0 aliphatic rings. The zero-order valence-electron chi connectivity index (χ0n) is 12.1. The average molecular weight is 310 g/mol. The smallest absolute Gasteiger partial charge is 0.224 e. The van der Waals surface area contributed by atoms with Gasteiger partial charge in [0.15, 0.2) is 0 Å². The van der Waals surface area contributed by atoms with Crippen molar-refractivity contribution in [1.82, 2.24) is 0 Å². The monoisotopic (exact) mass is 309 g/mol. The van der Waals surface area contributed by atoms with Crippen LogP contribution >= 0.6 is 11.6 Å². The number of hydrogen-bond donors (Lipinski definition) is 1. The minimum atomic E-state index is 0.0187. The molecule has 3 aromatic rings. The van der Waals surface area contributed by atoms with Crippen LogP contribution in [0.1, 0.15) is 12.0 Å².